The van der Waals surface area contributed by atoms with Gasteiger partial charge in [-0.15, -0.1) is 10.2 Å². The highest BCUT2D eigenvalue weighted by Crippen LogP contribution is 2.35. The first-order valence-corrected chi connectivity index (χ1v) is 16.7. The minimum atomic E-state index is 0.272. The van der Waals surface area contributed by atoms with E-state index in [1.165, 1.54) is 54.5 Å². The zero-order chi connectivity index (χ0) is 32.3. The Labute approximate surface area is 282 Å². The molecule has 3 aromatic heterocycles. The number of para-hydroxylation sites is 3. The minimum Gasteiger partial charge on any atom is -0.416 e. The van der Waals surface area contributed by atoms with Crippen molar-refractivity contribution in [1.29, 1.82) is 0 Å². The second-order valence-electron chi connectivity index (χ2n) is 12.7. The van der Waals surface area contributed by atoms with Crippen molar-refractivity contribution >= 4 is 44.9 Å². The molecule has 10 rings (SSSR count). The molecule has 0 N–H and O–H groups in total. The van der Waals surface area contributed by atoms with Gasteiger partial charge in [0.15, 0.2) is 0 Å². The maximum atomic E-state index is 6.03. The van der Waals surface area contributed by atoms with Gasteiger partial charge in [-0.2, -0.15) is 0 Å². The van der Waals surface area contributed by atoms with Crippen molar-refractivity contribution in [3.8, 4) is 34.3 Å². The fourth-order valence-corrected chi connectivity index (χ4v) is 7.55. The predicted octanol–water partition coefficient (Wildman–Crippen LogP) is 9.19. The molecule has 0 fully saturated rings. The van der Waals surface area contributed by atoms with Crippen molar-refractivity contribution in [2.24, 2.45) is 0 Å². The molecular formula is C44H30N4O. The van der Waals surface area contributed by atoms with Crippen LogP contribution in [-0.2, 0) is 0 Å². The molecule has 1 aliphatic carbocycles. The Morgan fingerprint density at radius 1 is 0.510 bits per heavy atom. The van der Waals surface area contributed by atoms with Gasteiger partial charge in [-0.1, -0.05) is 91.0 Å². The molecule has 3 heterocycles. The molecule has 1 atom stereocenters. The zero-order valence-corrected chi connectivity index (χ0v) is 26.6. The first-order valence-electron chi connectivity index (χ1n) is 16.7. The summed E-state index contributed by atoms with van der Waals surface area (Å²) in [6, 6.07) is 53.4. The van der Waals surface area contributed by atoms with Crippen molar-refractivity contribution in [1.82, 2.24) is 19.3 Å². The summed E-state index contributed by atoms with van der Waals surface area (Å²) in [5.41, 5.74) is 9.07. The molecule has 49 heavy (non-hydrogen) atoms. The summed E-state index contributed by atoms with van der Waals surface area (Å²) >= 11 is 0. The van der Waals surface area contributed by atoms with Crippen LogP contribution in [0.2, 0.25) is 0 Å². The standard InChI is InChI=1S/C44H30N4O/c1-3-11-29(12-4-1)43-45-46-44(49-43)30-19-23-34(24-20-30)48-40-18-10-8-16-36(40)38-28-32(22-26-42(38)48)31-21-25-41-37(27-31)35-15-7-9-17-39(35)47(41)33-13-5-2-6-14-33/h1-21,23-28,32H,22H2. The zero-order valence-electron chi connectivity index (χ0n) is 26.6. The second-order valence-corrected chi connectivity index (χ2v) is 12.7. The number of fused-ring (bicyclic) bond motifs is 6. The van der Waals surface area contributed by atoms with Crippen LogP contribution >= 0.6 is 0 Å². The molecule has 5 nitrogen and oxygen atoms in total. The van der Waals surface area contributed by atoms with E-state index in [4.69, 9.17) is 4.42 Å². The Hall–Kier alpha value is -6.46. The Morgan fingerprint density at radius 3 is 1.86 bits per heavy atom. The molecular weight excluding hydrogens is 601 g/mol. The average Bonchev–Trinajstić information content (AvgIpc) is 3.89. The maximum absolute atomic E-state index is 6.03. The van der Waals surface area contributed by atoms with E-state index < -0.39 is 0 Å². The number of benzene rings is 6. The fourth-order valence-electron chi connectivity index (χ4n) is 7.55. The lowest BCUT2D eigenvalue weighted by molar-refractivity contribution is 0.584. The summed E-state index contributed by atoms with van der Waals surface area (Å²) in [5.74, 6) is 1.30. The number of hydrogen-bond donors (Lipinski definition) is 0. The summed E-state index contributed by atoms with van der Waals surface area (Å²) in [7, 11) is 0. The van der Waals surface area contributed by atoms with Gasteiger partial charge < -0.3 is 13.6 Å². The van der Waals surface area contributed by atoms with E-state index in [-0.39, 0.29) is 5.92 Å². The summed E-state index contributed by atoms with van der Waals surface area (Å²) < 4.78 is 10.8. The minimum absolute atomic E-state index is 0.272. The van der Waals surface area contributed by atoms with Gasteiger partial charge >= 0.3 is 0 Å². The van der Waals surface area contributed by atoms with Crippen molar-refractivity contribution in [3.63, 3.8) is 0 Å². The van der Waals surface area contributed by atoms with E-state index in [2.05, 4.69) is 153 Å². The van der Waals surface area contributed by atoms with Crippen LogP contribution in [-0.4, -0.2) is 19.3 Å². The Bertz CT molecular complexity index is 2790. The topological polar surface area (TPSA) is 48.8 Å². The van der Waals surface area contributed by atoms with Gasteiger partial charge in [0.25, 0.3) is 0 Å². The van der Waals surface area contributed by atoms with Crippen LogP contribution < -0.4 is 10.6 Å². The Balaban J connectivity index is 1.05. The van der Waals surface area contributed by atoms with E-state index in [1.807, 2.05) is 30.3 Å². The van der Waals surface area contributed by atoms with Crippen LogP contribution in [0.1, 0.15) is 17.9 Å². The second kappa shape index (κ2) is 11.1. The third kappa shape index (κ3) is 4.47. The molecule has 0 radical (unpaired) electrons. The quantitative estimate of drug-likeness (QED) is 0.191. The van der Waals surface area contributed by atoms with Crippen molar-refractivity contribution in [2.45, 2.75) is 12.3 Å². The van der Waals surface area contributed by atoms with E-state index in [1.54, 1.807) is 0 Å². The van der Waals surface area contributed by atoms with Crippen molar-refractivity contribution in [3.05, 3.63) is 168 Å². The molecule has 0 spiro atoms. The van der Waals surface area contributed by atoms with Crippen molar-refractivity contribution < 1.29 is 4.42 Å². The smallest absolute Gasteiger partial charge is 0.248 e. The van der Waals surface area contributed by atoms with Crippen LogP contribution in [0.5, 0.6) is 0 Å². The SMILES string of the molecule is C1=c2c(n(-c3ccc(-c4nnc(-c5ccccc5)o4)cc3)c3ccccc23)=CCC1c1ccc2c(c1)c1ccccc1n2-c1ccccc1. The lowest BCUT2D eigenvalue weighted by Gasteiger charge is -2.15. The molecule has 0 bridgehead atoms. The number of nitrogens with zero attached hydrogens (tertiary/aromatic N) is 4. The van der Waals surface area contributed by atoms with Gasteiger partial charge in [0.1, 0.15) is 0 Å². The average molecular weight is 631 g/mol. The third-order valence-corrected chi connectivity index (χ3v) is 9.84. The van der Waals surface area contributed by atoms with Gasteiger partial charge in [-0.05, 0) is 84.8 Å². The molecule has 6 aromatic carbocycles. The normalized spacial score (nSPS) is 14.2. The van der Waals surface area contributed by atoms with Crippen LogP contribution in [0.25, 0.3) is 79.1 Å². The summed E-state index contributed by atoms with van der Waals surface area (Å²) in [4.78, 5) is 0. The molecule has 5 heteroatoms. The highest BCUT2D eigenvalue weighted by Gasteiger charge is 2.19. The van der Waals surface area contributed by atoms with Gasteiger partial charge in [0.2, 0.25) is 11.8 Å². The van der Waals surface area contributed by atoms with Gasteiger partial charge in [0.05, 0.1) is 16.6 Å². The predicted molar refractivity (Wildman–Crippen MR) is 198 cm³/mol. The van der Waals surface area contributed by atoms with Crippen LogP contribution in [0, 0.1) is 0 Å². The highest BCUT2D eigenvalue weighted by atomic mass is 16.4. The largest absolute Gasteiger partial charge is 0.416 e. The number of rotatable bonds is 5. The van der Waals surface area contributed by atoms with E-state index in [9.17, 15) is 0 Å². The van der Waals surface area contributed by atoms with E-state index in [0.717, 1.165) is 23.2 Å². The summed E-state index contributed by atoms with van der Waals surface area (Å²) in [5, 5.41) is 15.0. The van der Waals surface area contributed by atoms with Crippen molar-refractivity contribution in [2.75, 3.05) is 0 Å². The van der Waals surface area contributed by atoms with Gasteiger partial charge in [-0.3, -0.25) is 0 Å². The lowest BCUT2D eigenvalue weighted by atomic mass is 9.90. The number of aromatic nitrogens is 4. The Morgan fingerprint density at radius 2 is 1.10 bits per heavy atom. The monoisotopic (exact) mass is 630 g/mol. The highest BCUT2D eigenvalue weighted by molar-refractivity contribution is 6.09. The molecule has 1 unspecified atom stereocenters. The van der Waals surface area contributed by atoms with E-state index >= 15 is 0 Å². The first kappa shape index (κ1) is 27.6. The van der Waals surface area contributed by atoms with E-state index in [0.29, 0.717) is 11.8 Å². The molecule has 1 aliphatic rings. The maximum Gasteiger partial charge on any atom is 0.248 e. The van der Waals surface area contributed by atoms with Gasteiger partial charge in [0, 0.05) is 55.1 Å². The molecule has 232 valence electrons. The van der Waals surface area contributed by atoms with Gasteiger partial charge in [-0.25, -0.2) is 0 Å². The lowest BCUT2D eigenvalue weighted by Crippen LogP contribution is -2.31. The molecule has 0 saturated carbocycles. The summed E-state index contributed by atoms with van der Waals surface area (Å²) in [6.07, 6.45) is 5.81. The molecule has 0 aliphatic heterocycles. The first-order chi connectivity index (χ1) is 24.3. The van der Waals surface area contributed by atoms with Crippen LogP contribution in [0.4, 0.5) is 0 Å². The van der Waals surface area contributed by atoms with Crippen LogP contribution in [0.3, 0.4) is 0 Å². The molecule has 9 aromatic rings. The Kier molecular flexibility index (Phi) is 6.24. The molecule has 0 amide bonds. The fraction of sp³-hybridized carbons (Fsp3) is 0.0455. The third-order valence-electron chi connectivity index (χ3n) is 9.84. The van der Waals surface area contributed by atoms with Crippen LogP contribution in [0.15, 0.2) is 156 Å². The number of hydrogen-bond acceptors (Lipinski definition) is 3. The summed E-state index contributed by atoms with van der Waals surface area (Å²) in [6.45, 7) is 0. The molecule has 0 saturated heterocycles.